The van der Waals surface area contributed by atoms with Crippen LogP contribution < -0.4 is 10.5 Å². The first-order valence-electron chi connectivity index (χ1n) is 8.78. The monoisotopic (exact) mass is 476 g/mol. The smallest absolute Gasteiger partial charge is 0.191 e. The third-order valence-electron chi connectivity index (χ3n) is 4.82. The second-order valence-electron chi connectivity index (χ2n) is 6.33. The minimum Gasteiger partial charge on any atom is -0.497 e. The maximum Gasteiger partial charge on any atom is 0.191 e. The largest absolute Gasteiger partial charge is 0.497 e. The van der Waals surface area contributed by atoms with Crippen molar-refractivity contribution in [3.05, 3.63) is 29.8 Å². The Morgan fingerprint density at radius 1 is 1.24 bits per heavy atom. The molecule has 2 heterocycles. The molecule has 2 N–H and O–H groups in total. The zero-order chi connectivity index (χ0) is 16.8. The predicted octanol–water partition coefficient (Wildman–Crippen LogP) is 2.81. The van der Waals surface area contributed by atoms with Crippen molar-refractivity contribution >= 4 is 41.7 Å². The molecule has 0 saturated carbocycles. The van der Waals surface area contributed by atoms with Gasteiger partial charge < -0.3 is 15.4 Å². The number of hydrogen-bond acceptors (Lipinski definition) is 4. The minimum atomic E-state index is 0. The number of hydrogen-bond donors (Lipinski definition) is 1. The van der Waals surface area contributed by atoms with E-state index in [1.54, 1.807) is 7.11 Å². The number of benzene rings is 1. The summed E-state index contributed by atoms with van der Waals surface area (Å²) in [5.41, 5.74) is 7.52. The number of rotatable bonds is 5. The van der Waals surface area contributed by atoms with E-state index < -0.39 is 0 Å². The van der Waals surface area contributed by atoms with Gasteiger partial charge in [-0.2, -0.15) is 11.8 Å². The van der Waals surface area contributed by atoms with Crippen molar-refractivity contribution in [2.75, 3.05) is 51.3 Å². The third kappa shape index (κ3) is 5.65. The number of guanidine groups is 1. The molecule has 140 valence electrons. The van der Waals surface area contributed by atoms with Gasteiger partial charge in [0, 0.05) is 24.6 Å². The summed E-state index contributed by atoms with van der Waals surface area (Å²) in [5, 5.41) is 0. The van der Waals surface area contributed by atoms with Crippen LogP contribution in [0, 0.1) is 0 Å². The molecule has 3 rings (SSSR count). The van der Waals surface area contributed by atoms with Gasteiger partial charge in [-0.05, 0) is 43.6 Å². The summed E-state index contributed by atoms with van der Waals surface area (Å²) in [4.78, 5) is 9.49. The first-order chi connectivity index (χ1) is 11.8. The van der Waals surface area contributed by atoms with Crippen molar-refractivity contribution in [2.45, 2.75) is 18.9 Å². The summed E-state index contributed by atoms with van der Waals surface area (Å²) in [5.74, 6) is 3.88. The maximum atomic E-state index is 6.25. The van der Waals surface area contributed by atoms with Crippen LogP contribution in [0.1, 0.15) is 24.4 Å². The molecular weight excluding hydrogens is 447 g/mol. The van der Waals surface area contributed by atoms with Crippen LogP contribution in [0.2, 0.25) is 0 Å². The zero-order valence-corrected chi connectivity index (χ0v) is 18.0. The number of thioether (sulfide) groups is 1. The molecule has 2 saturated heterocycles. The number of likely N-dealkylation sites (tertiary alicyclic amines) is 1. The normalized spacial score (nSPS) is 20.2. The second-order valence-corrected chi connectivity index (χ2v) is 7.56. The van der Waals surface area contributed by atoms with E-state index in [-0.39, 0.29) is 30.0 Å². The molecular formula is C18H29IN4OS. The van der Waals surface area contributed by atoms with Gasteiger partial charge in [0.15, 0.2) is 5.96 Å². The number of halogens is 1. The maximum absolute atomic E-state index is 6.25. The average molecular weight is 476 g/mol. The van der Waals surface area contributed by atoms with Crippen LogP contribution in [0.5, 0.6) is 5.75 Å². The summed E-state index contributed by atoms with van der Waals surface area (Å²) >= 11 is 1.99. The molecule has 0 aliphatic carbocycles. The van der Waals surface area contributed by atoms with Gasteiger partial charge >= 0.3 is 0 Å². The number of nitrogens with zero attached hydrogens (tertiary/aromatic N) is 3. The molecule has 0 radical (unpaired) electrons. The minimum absolute atomic E-state index is 0. The van der Waals surface area contributed by atoms with Gasteiger partial charge in [0.25, 0.3) is 0 Å². The van der Waals surface area contributed by atoms with Crippen molar-refractivity contribution in [1.82, 2.24) is 9.80 Å². The molecule has 0 amide bonds. The lowest BCUT2D eigenvalue weighted by Gasteiger charge is -2.29. The summed E-state index contributed by atoms with van der Waals surface area (Å²) in [6, 6.07) is 8.64. The van der Waals surface area contributed by atoms with Crippen molar-refractivity contribution in [1.29, 1.82) is 0 Å². The lowest BCUT2D eigenvalue weighted by Crippen LogP contribution is -2.43. The van der Waals surface area contributed by atoms with E-state index in [4.69, 9.17) is 15.5 Å². The van der Waals surface area contributed by atoms with Gasteiger partial charge in [-0.25, -0.2) is 0 Å². The quantitative estimate of drug-likeness (QED) is 0.403. The van der Waals surface area contributed by atoms with Crippen molar-refractivity contribution < 1.29 is 4.74 Å². The van der Waals surface area contributed by atoms with Crippen LogP contribution in [0.3, 0.4) is 0 Å². The molecule has 1 aromatic carbocycles. The third-order valence-corrected chi connectivity index (χ3v) is 5.76. The van der Waals surface area contributed by atoms with Crippen LogP contribution in [0.4, 0.5) is 0 Å². The summed E-state index contributed by atoms with van der Waals surface area (Å²) in [6.07, 6.45) is 2.53. The van der Waals surface area contributed by atoms with E-state index in [0.29, 0.717) is 12.5 Å². The van der Waals surface area contributed by atoms with Crippen molar-refractivity contribution in [2.24, 2.45) is 10.7 Å². The van der Waals surface area contributed by atoms with E-state index in [1.165, 1.54) is 18.4 Å². The Morgan fingerprint density at radius 3 is 2.64 bits per heavy atom. The van der Waals surface area contributed by atoms with Crippen LogP contribution >= 0.6 is 35.7 Å². The molecule has 7 heteroatoms. The Morgan fingerprint density at radius 2 is 1.96 bits per heavy atom. The first kappa shape index (κ1) is 20.6. The SMILES string of the molecule is COc1cccc(C(CN=C(N)N2CCSCC2)N2CCCC2)c1.I. The second kappa shape index (κ2) is 10.5. The van der Waals surface area contributed by atoms with Gasteiger partial charge in [-0.3, -0.25) is 9.89 Å². The molecule has 0 bridgehead atoms. The molecule has 5 nitrogen and oxygen atoms in total. The topological polar surface area (TPSA) is 54.1 Å². The van der Waals surface area contributed by atoms with Crippen molar-refractivity contribution in [3.8, 4) is 5.75 Å². The van der Waals surface area contributed by atoms with Crippen LogP contribution in [-0.2, 0) is 0 Å². The number of methoxy groups -OCH3 is 1. The standard InChI is InChI=1S/C18H28N4OS.HI/c1-23-16-6-4-5-15(13-16)17(21-7-2-3-8-21)14-20-18(19)22-9-11-24-12-10-22;/h4-6,13,17H,2-3,7-12,14H2,1H3,(H2,19,20);1H. The van der Waals surface area contributed by atoms with E-state index >= 15 is 0 Å². The molecule has 2 aliphatic heterocycles. The van der Waals surface area contributed by atoms with E-state index in [0.717, 1.165) is 43.4 Å². The number of ether oxygens (including phenoxy) is 1. The molecule has 25 heavy (non-hydrogen) atoms. The lowest BCUT2D eigenvalue weighted by molar-refractivity contribution is 0.250. The van der Waals surface area contributed by atoms with E-state index in [2.05, 4.69) is 28.0 Å². The van der Waals surface area contributed by atoms with E-state index in [9.17, 15) is 0 Å². The summed E-state index contributed by atoms with van der Waals surface area (Å²) < 4.78 is 5.40. The number of nitrogens with two attached hydrogens (primary N) is 1. The van der Waals surface area contributed by atoms with Crippen LogP contribution in [-0.4, -0.2) is 67.1 Å². The zero-order valence-electron chi connectivity index (χ0n) is 14.9. The van der Waals surface area contributed by atoms with Crippen molar-refractivity contribution in [3.63, 3.8) is 0 Å². The highest BCUT2D eigenvalue weighted by Gasteiger charge is 2.24. The summed E-state index contributed by atoms with van der Waals surface area (Å²) in [7, 11) is 1.72. The highest BCUT2D eigenvalue weighted by atomic mass is 127. The van der Waals surface area contributed by atoms with E-state index in [1.807, 2.05) is 17.8 Å². The fourth-order valence-electron chi connectivity index (χ4n) is 3.41. The fraction of sp³-hybridized carbons (Fsp3) is 0.611. The number of aliphatic imine (C=N–C) groups is 1. The van der Waals surface area contributed by atoms with Gasteiger partial charge in [0.2, 0.25) is 0 Å². The highest BCUT2D eigenvalue weighted by molar-refractivity contribution is 14.0. The molecule has 0 spiro atoms. The van der Waals surface area contributed by atoms with Gasteiger partial charge in [-0.15, -0.1) is 24.0 Å². The van der Waals surface area contributed by atoms with Crippen LogP contribution in [0.15, 0.2) is 29.3 Å². The lowest BCUT2D eigenvalue weighted by atomic mass is 10.1. The molecule has 1 atom stereocenters. The molecule has 1 unspecified atom stereocenters. The Kier molecular flexibility index (Phi) is 8.65. The van der Waals surface area contributed by atoms with Crippen LogP contribution in [0.25, 0.3) is 0 Å². The average Bonchev–Trinajstić information content (AvgIpc) is 3.17. The fourth-order valence-corrected chi connectivity index (χ4v) is 4.31. The molecule has 0 aromatic heterocycles. The highest BCUT2D eigenvalue weighted by Crippen LogP contribution is 2.28. The molecule has 2 fully saturated rings. The Balaban J connectivity index is 0.00000225. The van der Waals surface area contributed by atoms with Gasteiger partial charge in [0.1, 0.15) is 5.75 Å². The Bertz CT molecular complexity index is 560. The van der Waals surface area contributed by atoms with Gasteiger partial charge in [-0.1, -0.05) is 12.1 Å². The Labute approximate surface area is 172 Å². The molecule has 1 aromatic rings. The predicted molar refractivity (Wildman–Crippen MR) is 117 cm³/mol. The molecule has 2 aliphatic rings. The summed E-state index contributed by atoms with van der Waals surface area (Å²) in [6.45, 7) is 5.00. The Hall–Kier alpha value is -0.670. The first-order valence-corrected chi connectivity index (χ1v) is 9.94. The van der Waals surface area contributed by atoms with Gasteiger partial charge in [0.05, 0.1) is 19.7 Å².